The van der Waals surface area contributed by atoms with Crippen molar-refractivity contribution < 1.29 is 18.3 Å². The summed E-state index contributed by atoms with van der Waals surface area (Å²) in [4.78, 5) is 17.0. The fraction of sp³-hybridized carbons (Fsp3) is 0.120. The number of benzene rings is 3. The Hall–Kier alpha value is -3.75. The molecule has 0 unspecified atom stereocenters. The average molecular weight is 462 g/mol. The van der Waals surface area contributed by atoms with Crippen LogP contribution in [0.3, 0.4) is 0 Å². The minimum atomic E-state index is -3.94. The van der Waals surface area contributed by atoms with E-state index in [2.05, 4.69) is 15.0 Å². The zero-order valence-electron chi connectivity index (χ0n) is 17.7. The van der Waals surface area contributed by atoms with Gasteiger partial charge in [0.15, 0.2) is 0 Å². The number of rotatable bonds is 8. The Morgan fingerprint density at radius 3 is 2.48 bits per heavy atom. The van der Waals surface area contributed by atoms with E-state index in [0.717, 1.165) is 5.56 Å². The smallest absolute Gasteiger partial charge is 0.264 e. The van der Waals surface area contributed by atoms with Crippen molar-refractivity contribution in [3.63, 3.8) is 0 Å². The van der Waals surface area contributed by atoms with Crippen molar-refractivity contribution in [2.75, 3.05) is 11.3 Å². The van der Waals surface area contributed by atoms with Crippen molar-refractivity contribution in [2.45, 2.75) is 17.4 Å². The van der Waals surface area contributed by atoms with Crippen LogP contribution in [-0.4, -0.2) is 37.1 Å². The van der Waals surface area contributed by atoms with Gasteiger partial charge < -0.3 is 10.4 Å². The third kappa shape index (κ3) is 5.36. The number of hydrogen-bond donors (Lipinski definition) is 3. The van der Waals surface area contributed by atoms with Gasteiger partial charge in [-0.15, -0.1) is 0 Å². The molecule has 0 aliphatic carbocycles. The van der Waals surface area contributed by atoms with E-state index in [-0.39, 0.29) is 22.8 Å². The summed E-state index contributed by atoms with van der Waals surface area (Å²) in [7, 11) is -3.94. The van der Waals surface area contributed by atoms with Crippen molar-refractivity contribution in [3.05, 3.63) is 102 Å². The van der Waals surface area contributed by atoms with Gasteiger partial charge >= 0.3 is 0 Å². The lowest BCUT2D eigenvalue weighted by atomic mass is 10.1. The number of carbonyl (C=O) groups is 1. The number of amides is 1. The fourth-order valence-electron chi connectivity index (χ4n) is 3.56. The van der Waals surface area contributed by atoms with Crippen LogP contribution < -0.4 is 10.0 Å². The lowest BCUT2D eigenvalue weighted by molar-refractivity contribution is 0.0916. The van der Waals surface area contributed by atoms with Crippen LogP contribution in [0.2, 0.25) is 0 Å². The SMILES string of the molecule is O=C(N[C@H](CO)Cc1ccccc1)c1cccc(NS(=O)(=O)c2cccc3cccnc23)c1. The summed E-state index contributed by atoms with van der Waals surface area (Å²) in [6.07, 6.45) is 2.02. The van der Waals surface area contributed by atoms with Gasteiger partial charge in [-0.05, 0) is 42.3 Å². The number of hydrogen-bond acceptors (Lipinski definition) is 5. The number of aliphatic hydroxyl groups is 1. The van der Waals surface area contributed by atoms with E-state index in [9.17, 15) is 18.3 Å². The number of nitrogens with one attached hydrogen (secondary N) is 2. The first-order valence-corrected chi connectivity index (χ1v) is 11.9. The molecule has 4 rings (SSSR count). The quantitative estimate of drug-likeness (QED) is 0.373. The Morgan fingerprint density at radius 2 is 1.70 bits per heavy atom. The molecule has 1 heterocycles. The molecule has 1 atom stereocenters. The maximum atomic E-state index is 13.0. The first-order chi connectivity index (χ1) is 16.0. The van der Waals surface area contributed by atoms with Crippen molar-refractivity contribution in [2.24, 2.45) is 0 Å². The van der Waals surface area contributed by atoms with Crippen LogP contribution in [-0.2, 0) is 16.4 Å². The maximum absolute atomic E-state index is 13.0. The van der Waals surface area contributed by atoms with Crippen molar-refractivity contribution >= 4 is 32.5 Å². The number of sulfonamides is 1. The van der Waals surface area contributed by atoms with Crippen LogP contribution >= 0.6 is 0 Å². The predicted octanol–water partition coefficient (Wildman–Crippen LogP) is 3.37. The van der Waals surface area contributed by atoms with Crippen molar-refractivity contribution in [3.8, 4) is 0 Å². The van der Waals surface area contributed by atoms with Gasteiger partial charge in [-0.25, -0.2) is 8.42 Å². The molecule has 0 radical (unpaired) electrons. The lowest BCUT2D eigenvalue weighted by Crippen LogP contribution is -2.39. The number of fused-ring (bicyclic) bond motifs is 1. The van der Waals surface area contributed by atoms with Crippen LogP contribution in [0.15, 0.2) is 96.0 Å². The van der Waals surface area contributed by atoms with Crippen LogP contribution in [0.5, 0.6) is 0 Å². The summed E-state index contributed by atoms with van der Waals surface area (Å²) in [6.45, 7) is -0.221. The van der Waals surface area contributed by atoms with E-state index in [1.54, 1.807) is 48.7 Å². The molecular formula is C25H23N3O4S. The van der Waals surface area contributed by atoms with Gasteiger partial charge in [-0.3, -0.25) is 14.5 Å². The monoisotopic (exact) mass is 461 g/mol. The number of anilines is 1. The molecule has 0 bridgehead atoms. The Kier molecular flexibility index (Phi) is 6.67. The fourth-order valence-corrected chi connectivity index (χ4v) is 4.79. The van der Waals surface area contributed by atoms with Gasteiger partial charge in [0.2, 0.25) is 0 Å². The predicted molar refractivity (Wildman–Crippen MR) is 127 cm³/mol. The summed E-state index contributed by atoms with van der Waals surface area (Å²) in [6, 6.07) is 23.8. The van der Waals surface area contributed by atoms with Crippen LogP contribution in [0.4, 0.5) is 5.69 Å². The highest BCUT2D eigenvalue weighted by Crippen LogP contribution is 2.23. The summed E-state index contributed by atoms with van der Waals surface area (Å²) >= 11 is 0. The minimum absolute atomic E-state index is 0.0543. The van der Waals surface area contributed by atoms with Gasteiger partial charge in [0.05, 0.1) is 18.2 Å². The van der Waals surface area contributed by atoms with Gasteiger partial charge in [-0.1, -0.05) is 54.6 Å². The van der Waals surface area contributed by atoms with Gasteiger partial charge in [0.25, 0.3) is 15.9 Å². The summed E-state index contributed by atoms with van der Waals surface area (Å²) in [5, 5.41) is 13.2. The second kappa shape index (κ2) is 9.81. The van der Waals surface area contributed by atoms with Gasteiger partial charge in [0, 0.05) is 22.8 Å². The zero-order chi connectivity index (χ0) is 23.3. The van der Waals surface area contributed by atoms with Gasteiger partial charge in [0.1, 0.15) is 4.90 Å². The number of pyridine rings is 1. The summed E-state index contributed by atoms with van der Waals surface area (Å²) in [5.74, 6) is -0.405. The van der Waals surface area contributed by atoms with Crippen molar-refractivity contribution in [1.29, 1.82) is 0 Å². The second-order valence-electron chi connectivity index (χ2n) is 7.56. The summed E-state index contributed by atoms with van der Waals surface area (Å²) < 4.78 is 28.6. The highest BCUT2D eigenvalue weighted by molar-refractivity contribution is 7.93. The number of para-hydroxylation sites is 1. The Balaban J connectivity index is 1.52. The molecule has 3 N–H and O–H groups in total. The topological polar surface area (TPSA) is 108 Å². The third-order valence-corrected chi connectivity index (χ3v) is 6.56. The molecule has 0 aliphatic rings. The van der Waals surface area contributed by atoms with Crippen LogP contribution in [0, 0.1) is 0 Å². The summed E-state index contributed by atoms with van der Waals surface area (Å²) in [5.41, 5.74) is 1.88. The van der Waals surface area contributed by atoms with E-state index in [1.807, 2.05) is 30.3 Å². The molecule has 0 saturated carbocycles. The molecule has 4 aromatic rings. The highest BCUT2D eigenvalue weighted by Gasteiger charge is 2.19. The molecule has 3 aromatic carbocycles. The lowest BCUT2D eigenvalue weighted by Gasteiger charge is -2.17. The van der Waals surface area contributed by atoms with Gasteiger partial charge in [-0.2, -0.15) is 0 Å². The molecule has 0 aliphatic heterocycles. The van der Waals surface area contributed by atoms with Crippen LogP contribution in [0.25, 0.3) is 10.9 Å². The van der Waals surface area contributed by atoms with Crippen LogP contribution in [0.1, 0.15) is 15.9 Å². The minimum Gasteiger partial charge on any atom is -0.394 e. The molecule has 0 fully saturated rings. The molecular weight excluding hydrogens is 438 g/mol. The van der Waals surface area contributed by atoms with E-state index >= 15 is 0 Å². The maximum Gasteiger partial charge on any atom is 0.264 e. The van der Waals surface area contributed by atoms with Crippen molar-refractivity contribution in [1.82, 2.24) is 10.3 Å². The Morgan fingerprint density at radius 1 is 0.939 bits per heavy atom. The average Bonchev–Trinajstić information content (AvgIpc) is 2.83. The number of carbonyl (C=O) groups excluding carboxylic acids is 1. The largest absolute Gasteiger partial charge is 0.394 e. The first kappa shape index (κ1) is 22.4. The molecule has 168 valence electrons. The normalized spacial score (nSPS) is 12.3. The standard InChI is InChI=1S/C25H23N3O4S/c29-17-22(15-18-7-2-1-3-8-18)27-25(30)20-10-4-12-21(16-20)28-33(31,32)23-13-5-9-19-11-6-14-26-24(19)23/h1-14,16,22,28-29H,15,17H2,(H,27,30)/t22-/m0/s1. The molecule has 8 heteroatoms. The molecule has 7 nitrogen and oxygen atoms in total. The third-order valence-electron chi connectivity index (χ3n) is 5.14. The van der Waals surface area contributed by atoms with E-state index < -0.39 is 22.0 Å². The molecule has 0 spiro atoms. The number of aliphatic hydroxyl groups excluding tert-OH is 1. The molecule has 1 amide bonds. The zero-order valence-corrected chi connectivity index (χ0v) is 18.5. The number of aromatic nitrogens is 1. The first-order valence-electron chi connectivity index (χ1n) is 10.4. The van der Waals surface area contributed by atoms with E-state index in [1.165, 1.54) is 12.1 Å². The molecule has 0 saturated heterocycles. The second-order valence-corrected chi connectivity index (χ2v) is 9.21. The van der Waals surface area contributed by atoms with E-state index in [0.29, 0.717) is 17.3 Å². The molecule has 33 heavy (non-hydrogen) atoms. The number of nitrogens with zero attached hydrogens (tertiary/aromatic N) is 1. The van der Waals surface area contributed by atoms with E-state index in [4.69, 9.17) is 0 Å². The highest BCUT2D eigenvalue weighted by atomic mass is 32.2. The molecule has 1 aromatic heterocycles. The Bertz CT molecular complexity index is 1370. The Labute approximate surface area is 192 Å².